The average Bonchev–Trinajstić information content (AvgIpc) is 3.38. The summed E-state index contributed by atoms with van der Waals surface area (Å²) in [5.74, 6) is -2.25. The van der Waals surface area contributed by atoms with Crippen molar-refractivity contribution in [2.75, 3.05) is 47.5 Å². The van der Waals surface area contributed by atoms with Gasteiger partial charge in [0.1, 0.15) is 13.2 Å². The third kappa shape index (κ3) is 76.0. The summed E-state index contributed by atoms with van der Waals surface area (Å²) < 4.78 is 22.9. The lowest BCUT2D eigenvalue weighted by Gasteiger charge is -2.26. The van der Waals surface area contributed by atoms with Gasteiger partial charge in [0.2, 0.25) is 0 Å². The summed E-state index contributed by atoms with van der Waals surface area (Å²) in [6.45, 7) is 4.71. The van der Waals surface area contributed by atoms with Crippen LogP contribution in [0.3, 0.4) is 0 Å². The van der Waals surface area contributed by atoms with Crippen molar-refractivity contribution in [2.45, 2.75) is 399 Å². The first-order chi connectivity index (χ1) is 45.6. The highest BCUT2D eigenvalue weighted by Crippen LogP contribution is 2.20. The van der Waals surface area contributed by atoms with Crippen LogP contribution in [0.15, 0.2) is 72.9 Å². The van der Waals surface area contributed by atoms with Gasteiger partial charge in [-0.05, 0) is 64.2 Å². The summed E-state index contributed by atoms with van der Waals surface area (Å²) in [4.78, 5) is 37.6. The highest BCUT2D eigenvalue weighted by molar-refractivity contribution is 5.70. The molecule has 0 aromatic carbocycles. The molecule has 0 saturated heterocycles. The summed E-state index contributed by atoms with van der Waals surface area (Å²) >= 11 is 0. The van der Waals surface area contributed by atoms with Crippen LogP contribution in [0.1, 0.15) is 386 Å². The number of likely N-dealkylation sites (N-methyl/N-ethyl adjacent to an activating group) is 1. The number of carbonyl (C=O) groups is 3. The Kier molecular flexibility index (Phi) is 71.9. The number of hydrogen-bond donors (Lipinski definition) is 0. The van der Waals surface area contributed by atoms with Crippen LogP contribution in [0.4, 0.5) is 0 Å². The van der Waals surface area contributed by atoms with Gasteiger partial charge in [-0.15, -0.1) is 0 Å². The fourth-order valence-corrected chi connectivity index (χ4v) is 11.9. The van der Waals surface area contributed by atoms with Gasteiger partial charge in [-0.2, -0.15) is 0 Å². The zero-order valence-corrected chi connectivity index (χ0v) is 62.1. The Morgan fingerprint density at radius 3 is 0.914 bits per heavy atom. The van der Waals surface area contributed by atoms with Crippen LogP contribution >= 0.6 is 0 Å². The summed E-state index contributed by atoms with van der Waals surface area (Å²) in [7, 11) is 5.95. The molecule has 93 heavy (non-hydrogen) atoms. The molecule has 0 fully saturated rings. The summed E-state index contributed by atoms with van der Waals surface area (Å²) in [5, 5.41) is 11.9. The van der Waals surface area contributed by atoms with Crippen LogP contribution in [0.5, 0.6) is 0 Å². The molecule has 0 spiro atoms. The molecule has 2 atom stereocenters. The number of aliphatic carboxylic acids is 1. The van der Waals surface area contributed by atoms with Gasteiger partial charge in [-0.25, -0.2) is 0 Å². The number of unbranched alkanes of at least 4 members (excludes halogenated alkanes) is 48. The maximum absolute atomic E-state index is 13.0. The van der Waals surface area contributed by atoms with Crippen molar-refractivity contribution in [3.8, 4) is 0 Å². The largest absolute Gasteiger partial charge is 0.545 e. The smallest absolute Gasteiger partial charge is 0.306 e. The second-order valence-electron chi connectivity index (χ2n) is 28.3. The normalized spacial score (nSPS) is 13.0. The number of ether oxygens (including phenoxy) is 4. The van der Waals surface area contributed by atoms with E-state index in [1.807, 2.05) is 21.1 Å². The number of quaternary nitrogens is 1. The summed E-state index contributed by atoms with van der Waals surface area (Å²) in [6, 6.07) is 0. The Bertz CT molecular complexity index is 1760. The molecule has 0 heterocycles. The number of esters is 2. The van der Waals surface area contributed by atoms with Crippen molar-refractivity contribution in [1.82, 2.24) is 0 Å². The highest BCUT2D eigenvalue weighted by Gasteiger charge is 2.22. The molecule has 9 nitrogen and oxygen atoms in total. The Balaban J connectivity index is 3.96. The molecule has 0 aliphatic heterocycles. The fourth-order valence-electron chi connectivity index (χ4n) is 11.9. The van der Waals surface area contributed by atoms with E-state index in [0.29, 0.717) is 17.4 Å². The quantitative estimate of drug-likeness (QED) is 0.0195. The molecule has 0 radical (unpaired) electrons. The van der Waals surface area contributed by atoms with Gasteiger partial charge in [0.25, 0.3) is 0 Å². The Hall–Kier alpha value is -3.27. The number of carboxylic acids is 1. The Labute approximate surface area is 577 Å². The predicted octanol–water partition coefficient (Wildman–Crippen LogP) is 24.3. The lowest BCUT2D eigenvalue weighted by Crippen LogP contribution is -2.44. The SMILES string of the molecule is CC/C=C\C/C=C\C/C=C\C/C=C\C/C=C\C/C=C\CCCCCCCCCCCCCCCCCCCCCCCCC(=O)OC(COC(=O)CCCCCCCCCCCCCCCCCCCCCCCCCCCCC)COC(OCC[N+](C)(C)C)C(=O)[O-]. The maximum atomic E-state index is 13.0. The first kappa shape index (κ1) is 89.7. The molecule has 0 amide bonds. The van der Waals surface area contributed by atoms with Crippen LogP contribution in [-0.4, -0.2) is 82.3 Å². The van der Waals surface area contributed by atoms with Gasteiger partial charge in [0, 0.05) is 12.8 Å². The van der Waals surface area contributed by atoms with Gasteiger partial charge >= 0.3 is 11.9 Å². The van der Waals surface area contributed by atoms with E-state index in [-0.39, 0.29) is 32.2 Å². The zero-order valence-electron chi connectivity index (χ0n) is 62.1. The van der Waals surface area contributed by atoms with E-state index < -0.39 is 24.3 Å². The second kappa shape index (κ2) is 74.5. The number of rotatable bonds is 75. The molecule has 0 N–H and O–H groups in total. The third-order valence-electron chi connectivity index (χ3n) is 18.0. The maximum Gasteiger partial charge on any atom is 0.306 e. The molecule has 9 heteroatoms. The number of nitrogens with zero attached hydrogens (tertiary/aromatic N) is 1. The second-order valence-corrected chi connectivity index (χ2v) is 28.3. The van der Waals surface area contributed by atoms with Crippen molar-refractivity contribution in [2.24, 2.45) is 0 Å². The number of hydrogen-bond acceptors (Lipinski definition) is 8. The molecular weight excluding hydrogens is 1150 g/mol. The molecule has 0 rings (SSSR count). The molecule has 0 aromatic heterocycles. The van der Waals surface area contributed by atoms with Crippen LogP contribution in [-0.2, 0) is 33.3 Å². The molecular formula is C84H153NO8. The highest BCUT2D eigenvalue weighted by atomic mass is 16.7. The Morgan fingerprint density at radius 2 is 0.613 bits per heavy atom. The first-order valence-electron chi connectivity index (χ1n) is 40.1. The van der Waals surface area contributed by atoms with E-state index in [2.05, 4.69) is 86.8 Å². The average molecular weight is 1310 g/mol. The zero-order chi connectivity index (χ0) is 67.5. The van der Waals surface area contributed by atoms with Crippen molar-refractivity contribution in [3.63, 3.8) is 0 Å². The van der Waals surface area contributed by atoms with Gasteiger partial charge < -0.3 is 33.3 Å². The van der Waals surface area contributed by atoms with Crippen LogP contribution in [0, 0.1) is 0 Å². The first-order valence-corrected chi connectivity index (χ1v) is 40.1. The van der Waals surface area contributed by atoms with Crippen molar-refractivity contribution >= 4 is 17.9 Å². The topological polar surface area (TPSA) is 111 Å². The standard InChI is InChI=1S/C84H153NO8/c1-6-8-10-12-14-16-18-20-22-24-26-28-30-32-34-35-36-37-38-39-40-41-42-43-44-45-46-47-49-51-53-55-57-59-61-63-65-67-69-71-73-75-82(87)93-80(79-92-84(83(88)89)90-77-76-85(3,4)5)78-91-81(86)74-72-70-68-66-64-62-60-58-56-54-52-50-48-33-31-29-27-25-23-21-19-17-15-13-11-9-7-2/h8,10,14,16,20,22,26,28,32,34,36-37,80,84H,6-7,9,11-13,15,17-19,21,23-25,27,29-31,33,35,38-79H2,1-5H3/b10-8-,16-14-,22-20-,28-26-,34-32-,37-36-. The van der Waals surface area contributed by atoms with Gasteiger partial charge in [-0.1, -0.05) is 382 Å². The monoisotopic (exact) mass is 1300 g/mol. The number of carbonyl (C=O) groups excluding carboxylic acids is 3. The summed E-state index contributed by atoms with van der Waals surface area (Å²) in [5.41, 5.74) is 0. The van der Waals surface area contributed by atoms with E-state index in [1.54, 1.807) is 0 Å². The minimum Gasteiger partial charge on any atom is -0.545 e. The lowest BCUT2D eigenvalue weighted by atomic mass is 10.0. The van der Waals surface area contributed by atoms with E-state index in [4.69, 9.17) is 18.9 Å². The van der Waals surface area contributed by atoms with E-state index in [0.717, 1.165) is 77.0 Å². The Morgan fingerprint density at radius 1 is 0.333 bits per heavy atom. The number of allylic oxidation sites excluding steroid dienone is 12. The van der Waals surface area contributed by atoms with E-state index in [1.165, 1.54) is 283 Å². The lowest BCUT2D eigenvalue weighted by molar-refractivity contribution is -0.870. The molecule has 542 valence electrons. The van der Waals surface area contributed by atoms with Gasteiger partial charge in [0.15, 0.2) is 12.4 Å². The van der Waals surface area contributed by atoms with Crippen molar-refractivity contribution < 1.29 is 42.9 Å². The van der Waals surface area contributed by atoms with Crippen LogP contribution in [0.2, 0.25) is 0 Å². The van der Waals surface area contributed by atoms with Crippen molar-refractivity contribution in [1.29, 1.82) is 0 Å². The number of carboxylic acid groups (broad SMARTS) is 1. The molecule has 0 aliphatic carbocycles. The molecule has 0 aromatic rings. The van der Waals surface area contributed by atoms with Gasteiger partial charge in [-0.3, -0.25) is 9.59 Å². The van der Waals surface area contributed by atoms with E-state index >= 15 is 0 Å². The van der Waals surface area contributed by atoms with Crippen molar-refractivity contribution in [3.05, 3.63) is 72.9 Å². The van der Waals surface area contributed by atoms with E-state index in [9.17, 15) is 19.5 Å². The predicted molar refractivity (Wildman–Crippen MR) is 398 cm³/mol. The fraction of sp³-hybridized carbons (Fsp3) is 0.821. The molecule has 0 aliphatic rings. The van der Waals surface area contributed by atoms with Crippen LogP contribution < -0.4 is 5.11 Å². The molecule has 0 bridgehead atoms. The molecule has 2 unspecified atom stereocenters. The minimum atomic E-state index is -1.62. The molecule has 0 saturated carbocycles. The third-order valence-corrected chi connectivity index (χ3v) is 18.0. The van der Waals surface area contributed by atoms with Crippen LogP contribution in [0.25, 0.3) is 0 Å². The summed E-state index contributed by atoms with van der Waals surface area (Å²) in [6.07, 6.45) is 97.4. The van der Waals surface area contributed by atoms with Gasteiger partial charge in [0.05, 0.1) is 40.3 Å². The minimum absolute atomic E-state index is 0.150.